The Labute approximate surface area is 324 Å². The minimum atomic E-state index is -1.78. The third-order valence-electron chi connectivity index (χ3n) is 12.6. The first kappa shape index (κ1) is 47.4. The van der Waals surface area contributed by atoms with Gasteiger partial charge in [0.2, 0.25) is 0 Å². The highest BCUT2D eigenvalue weighted by molar-refractivity contribution is 5.73. The van der Waals surface area contributed by atoms with Crippen LogP contribution in [-0.4, -0.2) is 166 Å². The lowest BCUT2D eigenvalue weighted by Gasteiger charge is -2.49. The fourth-order valence-electron chi connectivity index (χ4n) is 9.13. The summed E-state index contributed by atoms with van der Waals surface area (Å²) in [4.78, 5) is 18.4. The average Bonchev–Trinajstić information content (AvgIpc) is 3.09. The molecule has 0 aliphatic carbocycles. The zero-order valence-corrected chi connectivity index (χ0v) is 35.6. The molecule has 3 aliphatic rings. The number of cyclic esters (lactones) is 1. The second kappa shape index (κ2) is 19.2. The minimum absolute atomic E-state index is 0.133. The van der Waals surface area contributed by atoms with Gasteiger partial charge in [0.15, 0.2) is 12.6 Å². The maximum atomic E-state index is 14.3. The van der Waals surface area contributed by atoms with E-state index in [4.69, 9.17) is 28.4 Å². The highest BCUT2D eigenvalue weighted by atomic mass is 16.7. The number of hydrogen-bond donors (Lipinski definition) is 5. The van der Waals surface area contributed by atoms with Crippen molar-refractivity contribution < 1.29 is 58.7 Å². The number of ether oxygens (including phenoxy) is 6. The molecule has 3 rings (SSSR count). The number of nitrogens with zero attached hydrogens (tertiary/aromatic N) is 2. The molecule has 0 aromatic carbocycles. The number of carbonyl (C=O) groups is 1. The fraction of sp³-hybridized carbons (Fsp3) is 0.975. The highest BCUT2D eigenvalue weighted by Gasteiger charge is 2.52. The largest absolute Gasteiger partial charge is 0.459 e. The smallest absolute Gasteiger partial charge is 0.311 e. The Kier molecular flexibility index (Phi) is 16.8. The van der Waals surface area contributed by atoms with Gasteiger partial charge < -0.3 is 63.8 Å². The van der Waals surface area contributed by atoms with Crippen molar-refractivity contribution in [1.29, 1.82) is 0 Å². The Morgan fingerprint density at radius 2 is 1.56 bits per heavy atom. The summed E-state index contributed by atoms with van der Waals surface area (Å²) in [7, 11) is 5.29. The zero-order chi connectivity index (χ0) is 41.1. The number of aliphatic hydroxyl groups excluding tert-OH is 3. The molecule has 0 spiro atoms. The van der Waals surface area contributed by atoms with E-state index in [9.17, 15) is 30.3 Å². The van der Waals surface area contributed by atoms with E-state index < -0.39 is 95.8 Å². The Hall–Kier alpha value is -1.01. The van der Waals surface area contributed by atoms with E-state index in [1.54, 1.807) is 34.6 Å². The summed E-state index contributed by atoms with van der Waals surface area (Å²) in [6, 6.07) is -0.500. The summed E-state index contributed by atoms with van der Waals surface area (Å²) in [6.07, 6.45) is -7.37. The van der Waals surface area contributed by atoms with Crippen LogP contribution in [-0.2, 0) is 33.2 Å². The lowest BCUT2D eigenvalue weighted by molar-refractivity contribution is -0.318. The molecular formula is C40H76N2O12. The molecule has 0 bridgehead atoms. The molecule has 0 aromatic rings. The topological polar surface area (TPSA) is 180 Å². The number of carbonyl (C=O) groups excluding carboxylic acids is 1. The summed E-state index contributed by atoms with van der Waals surface area (Å²) in [5, 5.41) is 58.7. The van der Waals surface area contributed by atoms with Gasteiger partial charge in [0, 0.05) is 38.1 Å². The normalized spacial score (nSPS) is 48.2. The van der Waals surface area contributed by atoms with Gasteiger partial charge in [-0.3, -0.25) is 4.79 Å². The van der Waals surface area contributed by atoms with Gasteiger partial charge in [-0.1, -0.05) is 27.7 Å². The predicted molar refractivity (Wildman–Crippen MR) is 203 cm³/mol. The maximum absolute atomic E-state index is 14.3. The summed E-state index contributed by atoms with van der Waals surface area (Å²) < 4.78 is 37.8. The van der Waals surface area contributed by atoms with Gasteiger partial charge in [-0.2, -0.15) is 0 Å². The van der Waals surface area contributed by atoms with Crippen molar-refractivity contribution in [3.63, 3.8) is 0 Å². The third kappa shape index (κ3) is 10.7. The molecule has 14 nitrogen and oxygen atoms in total. The molecule has 0 radical (unpaired) electrons. The molecule has 5 N–H and O–H groups in total. The number of methoxy groups -OCH3 is 1. The van der Waals surface area contributed by atoms with Crippen molar-refractivity contribution in [1.82, 2.24) is 9.80 Å². The van der Waals surface area contributed by atoms with E-state index in [0.717, 1.165) is 6.42 Å². The van der Waals surface area contributed by atoms with Crippen LogP contribution >= 0.6 is 0 Å². The Bertz CT molecular complexity index is 1180. The van der Waals surface area contributed by atoms with E-state index in [1.807, 2.05) is 46.7 Å². The van der Waals surface area contributed by atoms with Gasteiger partial charge in [0.25, 0.3) is 0 Å². The average molecular weight is 777 g/mol. The van der Waals surface area contributed by atoms with Gasteiger partial charge in [-0.25, -0.2) is 0 Å². The zero-order valence-electron chi connectivity index (χ0n) is 35.6. The van der Waals surface area contributed by atoms with Crippen molar-refractivity contribution in [2.75, 3.05) is 34.3 Å². The molecule has 0 amide bonds. The number of likely N-dealkylation sites (N-methyl/N-ethyl adjacent to an activating group) is 1. The maximum Gasteiger partial charge on any atom is 0.311 e. The Balaban J connectivity index is 2.22. The quantitative estimate of drug-likeness (QED) is 0.216. The van der Waals surface area contributed by atoms with Crippen LogP contribution in [0, 0.1) is 17.8 Å². The number of esters is 1. The van der Waals surface area contributed by atoms with Crippen molar-refractivity contribution in [2.24, 2.45) is 17.8 Å². The van der Waals surface area contributed by atoms with Gasteiger partial charge in [-0.05, 0) is 101 Å². The molecule has 18 atom stereocenters. The van der Waals surface area contributed by atoms with Gasteiger partial charge in [0.1, 0.15) is 23.9 Å². The molecule has 54 heavy (non-hydrogen) atoms. The lowest BCUT2D eigenvalue weighted by atomic mass is 9.78. The second-order valence-corrected chi connectivity index (χ2v) is 17.7. The van der Waals surface area contributed by atoms with Crippen LogP contribution in [0.1, 0.15) is 108 Å². The van der Waals surface area contributed by atoms with Crippen molar-refractivity contribution in [2.45, 2.75) is 199 Å². The van der Waals surface area contributed by atoms with Crippen LogP contribution < -0.4 is 0 Å². The Morgan fingerprint density at radius 3 is 2.11 bits per heavy atom. The van der Waals surface area contributed by atoms with Gasteiger partial charge in [-0.15, -0.1) is 0 Å². The third-order valence-corrected chi connectivity index (χ3v) is 12.6. The standard InChI is InChI=1S/C40H76N2O12/c1-15-17-42-21-22(3)33(44)40(11,48)29(16-2)52-36(46)26(7)32(53-30-20-39(10,49-14)34(45)27(8)51-30)25(6)35(38(9,47)19-23(42)4)54-37-31(43)28(41(12)13)18-24(5)50-37/h22-35,37,43-45,47-48H,15-21H2,1-14H3/t22-,23+,24-,25-,26-,27+,28+,29+,30+,31-,32+,33-,34+,35-,37+,38-,39-,40+/m1/s1. The van der Waals surface area contributed by atoms with Crippen molar-refractivity contribution >= 4 is 5.97 Å². The van der Waals surface area contributed by atoms with E-state index in [0.29, 0.717) is 19.5 Å². The van der Waals surface area contributed by atoms with Crippen LogP contribution in [0.25, 0.3) is 0 Å². The van der Waals surface area contributed by atoms with Crippen LogP contribution in [0.15, 0.2) is 0 Å². The first-order valence-corrected chi connectivity index (χ1v) is 20.2. The molecule has 0 aromatic heterocycles. The predicted octanol–water partition coefficient (Wildman–Crippen LogP) is 2.68. The molecule has 0 saturated carbocycles. The van der Waals surface area contributed by atoms with Crippen molar-refractivity contribution in [3.8, 4) is 0 Å². The van der Waals surface area contributed by atoms with E-state index in [1.165, 1.54) is 14.0 Å². The number of aliphatic hydroxyl groups is 5. The molecule has 14 heteroatoms. The van der Waals surface area contributed by atoms with Crippen LogP contribution in [0.4, 0.5) is 0 Å². The summed E-state index contributed by atoms with van der Waals surface area (Å²) in [6.45, 7) is 20.9. The van der Waals surface area contributed by atoms with Crippen molar-refractivity contribution in [3.05, 3.63) is 0 Å². The summed E-state index contributed by atoms with van der Waals surface area (Å²) in [5.41, 5.74) is -4.38. The van der Waals surface area contributed by atoms with E-state index in [2.05, 4.69) is 11.8 Å². The highest BCUT2D eigenvalue weighted by Crippen LogP contribution is 2.40. The van der Waals surface area contributed by atoms with Crippen LogP contribution in [0.3, 0.4) is 0 Å². The Morgan fingerprint density at radius 1 is 0.926 bits per heavy atom. The molecule has 3 fully saturated rings. The summed E-state index contributed by atoms with van der Waals surface area (Å²) in [5.74, 6) is -2.87. The first-order chi connectivity index (χ1) is 24.9. The molecule has 318 valence electrons. The molecule has 3 aliphatic heterocycles. The molecule has 3 heterocycles. The molecular weight excluding hydrogens is 700 g/mol. The second-order valence-electron chi connectivity index (χ2n) is 17.7. The lowest BCUT2D eigenvalue weighted by Crippen LogP contribution is -2.61. The number of hydrogen-bond acceptors (Lipinski definition) is 14. The van der Waals surface area contributed by atoms with Gasteiger partial charge in [0.05, 0.1) is 47.6 Å². The molecule has 3 saturated heterocycles. The minimum Gasteiger partial charge on any atom is -0.459 e. The fourth-order valence-corrected chi connectivity index (χ4v) is 9.13. The SMILES string of the molecule is CCCN1C[C@@H](C)[C@@H](O)[C@@](C)(O)[C@H](CC)OC(=O)[C@H](C)[C@@H](O[C@H]2C[C@@](C)(OC)[C@@H](O)[C@H](C)O2)[C@@H](C)[C@@H](O[C@@H]2O[C@H](C)C[C@H](N(C)C)[C@H]2O)[C@](C)(O)C[C@@H]1C. The first-order valence-electron chi connectivity index (χ1n) is 20.2. The number of rotatable bonds is 9. The van der Waals surface area contributed by atoms with E-state index in [-0.39, 0.29) is 37.5 Å². The van der Waals surface area contributed by atoms with Crippen LogP contribution in [0.2, 0.25) is 0 Å². The molecule has 0 unspecified atom stereocenters. The monoisotopic (exact) mass is 777 g/mol. The summed E-state index contributed by atoms with van der Waals surface area (Å²) >= 11 is 0. The van der Waals surface area contributed by atoms with Gasteiger partial charge >= 0.3 is 5.97 Å². The van der Waals surface area contributed by atoms with E-state index >= 15 is 0 Å². The van der Waals surface area contributed by atoms with Crippen LogP contribution in [0.5, 0.6) is 0 Å².